The Bertz CT molecular complexity index is 367. The predicted molar refractivity (Wildman–Crippen MR) is 78.6 cm³/mol. The third-order valence-electron chi connectivity index (χ3n) is 3.13. The van der Waals surface area contributed by atoms with Crippen LogP contribution in [0, 0.1) is 0 Å². The van der Waals surface area contributed by atoms with Gasteiger partial charge in [-0.25, -0.2) is 0 Å². The molecule has 1 aromatic rings. The lowest BCUT2D eigenvalue weighted by atomic mass is 10.3. The van der Waals surface area contributed by atoms with Crippen LogP contribution in [0.25, 0.3) is 0 Å². The molecule has 7 heteroatoms. The molecule has 1 fully saturated rings. The maximum absolute atomic E-state index is 5.57. The Kier molecular flexibility index (Phi) is 5.93. The summed E-state index contributed by atoms with van der Waals surface area (Å²) >= 11 is 2.03. The van der Waals surface area contributed by atoms with Crippen LogP contribution in [0.15, 0.2) is 4.42 Å². The fraction of sp³-hybridized carbons (Fsp3) is 0.833. The molecule has 0 bridgehead atoms. The van der Waals surface area contributed by atoms with E-state index >= 15 is 0 Å². The van der Waals surface area contributed by atoms with Crippen molar-refractivity contribution in [3.05, 3.63) is 5.89 Å². The van der Waals surface area contributed by atoms with E-state index < -0.39 is 0 Å². The van der Waals surface area contributed by atoms with Crippen LogP contribution in [0.2, 0.25) is 0 Å². The van der Waals surface area contributed by atoms with Crippen molar-refractivity contribution in [3.8, 4) is 0 Å². The molecular weight excluding hydrogens is 262 g/mol. The quantitative estimate of drug-likeness (QED) is 0.780. The number of nitrogens with one attached hydrogen (secondary N) is 2. The van der Waals surface area contributed by atoms with Crippen molar-refractivity contribution in [1.29, 1.82) is 0 Å². The van der Waals surface area contributed by atoms with Gasteiger partial charge in [0.2, 0.25) is 5.89 Å². The summed E-state index contributed by atoms with van der Waals surface area (Å²) in [6.45, 7) is 9.20. The van der Waals surface area contributed by atoms with Gasteiger partial charge in [-0.05, 0) is 13.5 Å². The fourth-order valence-electron chi connectivity index (χ4n) is 2.02. The summed E-state index contributed by atoms with van der Waals surface area (Å²) in [5.74, 6) is 3.12. The van der Waals surface area contributed by atoms with Crippen LogP contribution in [0.1, 0.15) is 25.8 Å². The first kappa shape index (κ1) is 14.6. The summed E-state index contributed by atoms with van der Waals surface area (Å²) in [5, 5.41) is 14.5. The second-order valence-electron chi connectivity index (χ2n) is 4.61. The van der Waals surface area contributed by atoms with E-state index in [1.54, 1.807) is 0 Å². The Morgan fingerprint density at radius 1 is 1.37 bits per heavy atom. The summed E-state index contributed by atoms with van der Waals surface area (Å²) < 4.78 is 5.57. The van der Waals surface area contributed by atoms with Crippen LogP contribution in [-0.2, 0) is 0 Å². The number of anilines is 1. The number of aromatic nitrogens is 2. The van der Waals surface area contributed by atoms with E-state index in [1.807, 2.05) is 18.7 Å². The van der Waals surface area contributed by atoms with Gasteiger partial charge in [-0.15, -0.1) is 5.10 Å². The smallest absolute Gasteiger partial charge is 0.315 e. The second kappa shape index (κ2) is 7.72. The molecule has 0 spiro atoms. The molecule has 0 amide bonds. The van der Waals surface area contributed by atoms with Crippen LogP contribution < -0.4 is 10.6 Å². The van der Waals surface area contributed by atoms with Crippen molar-refractivity contribution in [1.82, 2.24) is 20.4 Å². The number of nitrogens with zero attached hydrogens (tertiary/aromatic N) is 3. The Morgan fingerprint density at radius 2 is 2.16 bits per heavy atom. The first-order valence-corrected chi connectivity index (χ1v) is 8.06. The highest BCUT2D eigenvalue weighted by molar-refractivity contribution is 7.99. The molecule has 1 aliphatic rings. The third kappa shape index (κ3) is 4.67. The monoisotopic (exact) mass is 285 g/mol. The summed E-state index contributed by atoms with van der Waals surface area (Å²) in [7, 11) is 0. The summed E-state index contributed by atoms with van der Waals surface area (Å²) in [6, 6.07) is 0.623. The van der Waals surface area contributed by atoms with Gasteiger partial charge < -0.3 is 15.1 Å². The highest BCUT2D eigenvalue weighted by atomic mass is 32.2. The van der Waals surface area contributed by atoms with Crippen molar-refractivity contribution in [2.24, 2.45) is 0 Å². The van der Waals surface area contributed by atoms with Crippen molar-refractivity contribution in [2.45, 2.75) is 19.9 Å². The Morgan fingerprint density at radius 3 is 2.89 bits per heavy atom. The van der Waals surface area contributed by atoms with Gasteiger partial charge in [0.25, 0.3) is 0 Å². The molecule has 2 heterocycles. The normalized spacial score (nSPS) is 18.4. The minimum Gasteiger partial charge on any atom is -0.406 e. The van der Waals surface area contributed by atoms with Crippen molar-refractivity contribution >= 4 is 17.8 Å². The Labute approximate surface area is 118 Å². The number of hydrogen-bond donors (Lipinski definition) is 2. The van der Waals surface area contributed by atoms with Crippen LogP contribution >= 0.6 is 11.8 Å². The first-order chi connectivity index (χ1) is 9.29. The molecule has 1 aliphatic heterocycles. The van der Waals surface area contributed by atoms with Gasteiger partial charge in [-0.1, -0.05) is 12.0 Å². The molecule has 0 radical (unpaired) electrons. The van der Waals surface area contributed by atoms with Gasteiger partial charge in [0.15, 0.2) is 0 Å². The average molecular weight is 285 g/mol. The summed E-state index contributed by atoms with van der Waals surface area (Å²) in [4.78, 5) is 2.46. The zero-order valence-corrected chi connectivity index (χ0v) is 12.5. The second-order valence-corrected chi connectivity index (χ2v) is 5.83. The molecule has 1 saturated heterocycles. The van der Waals surface area contributed by atoms with E-state index in [0.717, 1.165) is 19.6 Å². The van der Waals surface area contributed by atoms with Crippen LogP contribution in [-0.4, -0.2) is 59.3 Å². The van der Waals surface area contributed by atoms with E-state index in [9.17, 15) is 0 Å². The van der Waals surface area contributed by atoms with Gasteiger partial charge in [-0.3, -0.25) is 4.90 Å². The summed E-state index contributed by atoms with van der Waals surface area (Å²) in [5.41, 5.74) is 0. The third-order valence-corrected chi connectivity index (χ3v) is 4.07. The SMILES string of the molecule is CCNC(C)c1nnc(NCCN2CCSCC2)o1. The molecular formula is C12H23N5OS. The molecule has 1 atom stereocenters. The lowest BCUT2D eigenvalue weighted by Gasteiger charge is -2.25. The molecule has 6 nitrogen and oxygen atoms in total. The number of thioether (sulfide) groups is 1. The number of rotatable bonds is 7. The number of hydrogen-bond acceptors (Lipinski definition) is 7. The van der Waals surface area contributed by atoms with Gasteiger partial charge in [-0.2, -0.15) is 11.8 Å². The van der Waals surface area contributed by atoms with E-state index in [1.165, 1.54) is 24.6 Å². The molecule has 2 rings (SSSR count). The van der Waals surface area contributed by atoms with Crippen LogP contribution in [0.3, 0.4) is 0 Å². The van der Waals surface area contributed by atoms with E-state index in [4.69, 9.17) is 4.42 Å². The van der Waals surface area contributed by atoms with Gasteiger partial charge in [0, 0.05) is 37.7 Å². The maximum atomic E-state index is 5.57. The topological polar surface area (TPSA) is 66.2 Å². The zero-order chi connectivity index (χ0) is 13.5. The minimum absolute atomic E-state index is 0.104. The van der Waals surface area contributed by atoms with Gasteiger partial charge in [0.05, 0.1) is 6.04 Å². The lowest BCUT2D eigenvalue weighted by Crippen LogP contribution is -2.36. The molecule has 2 N–H and O–H groups in total. The highest BCUT2D eigenvalue weighted by Gasteiger charge is 2.13. The van der Waals surface area contributed by atoms with Crippen LogP contribution in [0.4, 0.5) is 6.01 Å². The molecule has 108 valence electrons. The predicted octanol–water partition coefficient (Wildman–Crippen LogP) is 1.20. The van der Waals surface area contributed by atoms with Gasteiger partial charge in [0.1, 0.15) is 0 Å². The Hall–Kier alpha value is -0.790. The molecule has 19 heavy (non-hydrogen) atoms. The molecule has 0 aliphatic carbocycles. The standard InChI is InChI=1S/C12H23N5OS/c1-3-13-10(2)11-15-16-12(18-11)14-4-5-17-6-8-19-9-7-17/h10,13H,3-9H2,1-2H3,(H,14,16). The van der Waals surface area contributed by atoms with E-state index in [0.29, 0.717) is 11.9 Å². The van der Waals surface area contributed by atoms with E-state index in [2.05, 4.69) is 32.7 Å². The van der Waals surface area contributed by atoms with Crippen molar-refractivity contribution in [2.75, 3.05) is 49.5 Å². The zero-order valence-electron chi connectivity index (χ0n) is 11.7. The highest BCUT2D eigenvalue weighted by Crippen LogP contribution is 2.13. The lowest BCUT2D eigenvalue weighted by molar-refractivity contribution is 0.313. The summed E-state index contributed by atoms with van der Waals surface area (Å²) in [6.07, 6.45) is 0. The van der Waals surface area contributed by atoms with Crippen molar-refractivity contribution in [3.63, 3.8) is 0 Å². The molecule has 1 aromatic heterocycles. The first-order valence-electron chi connectivity index (χ1n) is 6.90. The largest absolute Gasteiger partial charge is 0.406 e. The minimum atomic E-state index is 0.104. The molecule has 0 saturated carbocycles. The van der Waals surface area contributed by atoms with Crippen LogP contribution in [0.5, 0.6) is 0 Å². The van der Waals surface area contributed by atoms with Gasteiger partial charge >= 0.3 is 6.01 Å². The Balaban J connectivity index is 1.70. The maximum Gasteiger partial charge on any atom is 0.315 e. The van der Waals surface area contributed by atoms with Crippen molar-refractivity contribution < 1.29 is 4.42 Å². The van der Waals surface area contributed by atoms with E-state index in [-0.39, 0.29) is 6.04 Å². The molecule has 1 unspecified atom stereocenters. The fourth-order valence-corrected chi connectivity index (χ4v) is 3.00. The molecule has 0 aromatic carbocycles. The average Bonchev–Trinajstić information content (AvgIpc) is 2.89.